The first-order chi connectivity index (χ1) is 14.2. The molecule has 150 valence electrons. The molecule has 4 rings (SSSR count). The standard InChI is InChI=1S/C22H24N4O3/c23-8-3-10-25-18-15-7-12-29-22(15)19(26-11-4-9-24)17-16(18)20(27)13-5-1-2-6-14(13)21(17)28/h1-2,5-7,12,25-26H,3-4,8-11,23-24H2. The van der Waals surface area contributed by atoms with Crippen molar-refractivity contribution in [2.75, 3.05) is 36.8 Å². The first kappa shape index (κ1) is 19.2. The lowest BCUT2D eigenvalue weighted by atomic mass is 9.81. The molecule has 0 radical (unpaired) electrons. The molecule has 0 atom stereocenters. The molecular weight excluding hydrogens is 368 g/mol. The summed E-state index contributed by atoms with van der Waals surface area (Å²) >= 11 is 0. The van der Waals surface area contributed by atoms with Gasteiger partial charge < -0.3 is 26.5 Å². The molecule has 0 saturated carbocycles. The fourth-order valence-electron chi connectivity index (χ4n) is 3.78. The molecular formula is C22H24N4O3. The normalized spacial score (nSPS) is 12.8. The Kier molecular flexibility index (Phi) is 5.33. The van der Waals surface area contributed by atoms with Crippen molar-refractivity contribution in [1.82, 2.24) is 0 Å². The molecule has 0 bridgehead atoms. The van der Waals surface area contributed by atoms with E-state index in [-0.39, 0.29) is 11.6 Å². The molecule has 0 spiro atoms. The van der Waals surface area contributed by atoms with Crippen LogP contribution in [0, 0.1) is 0 Å². The number of benzene rings is 2. The summed E-state index contributed by atoms with van der Waals surface area (Å²) in [5, 5.41) is 7.36. The second-order valence-corrected chi connectivity index (χ2v) is 7.01. The van der Waals surface area contributed by atoms with Crippen molar-refractivity contribution >= 4 is 33.9 Å². The molecule has 7 heteroatoms. The number of rotatable bonds is 8. The minimum absolute atomic E-state index is 0.171. The lowest BCUT2D eigenvalue weighted by Gasteiger charge is -2.24. The summed E-state index contributed by atoms with van der Waals surface area (Å²) < 4.78 is 5.74. The van der Waals surface area contributed by atoms with Crippen molar-refractivity contribution in [3.8, 4) is 0 Å². The second kappa shape index (κ2) is 8.06. The van der Waals surface area contributed by atoms with Gasteiger partial charge in [0.15, 0.2) is 17.1 Å². The largest absolute Gasteiger partial charge is 0.462 e. The predicted molar refractivity (Wildman–Crippen MR) is 114 cm³/mol. The zero-order valence-corrected chi connectivity index (χ0v) is 16.1. The average Bonchev–Trinajstić information content (AvgIpc) is 3.23. The van der Waals surface area contributed by atoms with Gasteiger partial charge in [0.05, 0.1) is 28.8 Å². The van der Waals surface area contributed by atoms with Crippen LogP contribution < -0.4 is 22.1 Å². The molecule has 3 aromatic rings. The average molecular weight is 392 g/mol. The van der Waals surface area contributed by atoms with Crippen LogP contribution in [0.5, 0.6) is 0 Å². The minimum Gasteiger partial charge on any atom is -0.462 e. The maximum absolute atomic E-state index is 13.5. The minimum atomic E-state index is -0.189. The third-order valence-electron chi connectivity index (χ3n) is 5.15. The molecule has 1 aliphatic carbocycles. The highest BCUT2D eigenvalue weighted by atomic mass is 16.3. The van der Waals surface area contributed by atoms with Gasteiger partial charge in [0.2, 0.25) is 0 Å². The van der Waals surface area contributed by atoms with Crippen LogP contribution >= 0.6 is 0 Å². The zero-order chi connectivity index (χ0) is 20.4. The number of anilines is 2. The quantitative estimate of drug-likeness (QED) is 0.268. The van der Waals surface area contributed by atoms with E-state index >= 15 is 0 Å². The molecule has 7 nitrogen and oxygen atoms in total. The number of nitrogens with one attached hydrogen (secondary N) is 2. The highest BCUT2D eigenvalue weighted by Crippen LogP contribution is 2.43. The van der Waals surface area contributed by atoms with E-state index in [1.165, 1.54) is 0 Å². The molecule has 0 fully saturated rings. The van der Waals surface area contributed by atoms with E-state index in [0.29, 0.717) is 65.4 Å². The van der Waals surface area contributed by atoms with Gasteiger partial charge in [-0.3, -0.25) is 9.59 Å². The highest BCUT2D eigenvalue weighted by molar-refractivity contribution is 6.34. The van der Waals surface area contributed by atoms with Crippen LogP contribution in [0.2, 0.25) is 0 Å². The van der Waals surface area contributed by atoms with Crippen molar-refractivity contribution in [2.24, 2.45) is 11.5 Å². The van der Waals surface area contributed by atoms with Gasteiger partial charge >= 0.3 is 0 Å². The van der Waals surface area contributed by atoms with Crippen molar-refractivity contribution in [2.45, 2.75) is 12.8 Å². The van der Waals surface area contributed by atoms with Gasteiger partial charge in [0.25, 0.3) is 0 Å². The first-order valence-corrected chi connectivity index (χ1v) is 9.82. The van der Waals surface area contributed by atoms with Crippen LogP contribution in [-0.4, -0.2) is 37.7 Å². The summed E-state index contributed by atoms with van der Waals surface area (Å²) in [5.74, 6) is -0.360. The summed E-state index contributed by atoms with van der Waals surface area (Å²) in [6.45, 7) is 2.21. The Bertz CT molecular complexity index is 1000. The number of carbonyl (C=O) groups is 2. The Balaban J connectivity index is 1.97. The van der Waals surface area contributed by atoms with Gasteiger partial charge in [-0.2, -0.15) is 0 Å². The van der Waals surface area contributed by atoms with Gasteiger partial charge in [-0.25, -0.2) is 0 Å². The number of hydrogen-bond donors (Lipinski definition) is 4. The number of fused-ring (bicyclic) bond motifs is 3. The van der Waals surface area contributed by atoms with E-state index in [1.807, 2.05) is 6.07 Å². The van der Waals surface area contributed by atoms with Gasteiger partial charge in [0, 0.05) is 29.6 Å². The maximum atomic E-state index is 13.5. The summed E-state index contributed by atoms with van der Waals surface area (Å²) in [4.78, 5) is 26.9. The fraction of sp³-hybridized carbons (Fsp3) is 0.273. The van der Waals surface area contributed by atoms with E-state index in [0.717, 1.165) is 18.2 Å². The lowest BCUT2D eigenvalue weighted by Crippen LogP contribution is -2.25. The fourth-order valence-corrected chi connectivity index (χ4v) is 3.78. The number of nitrogens with two attached hydrogens (primary N) is 2. The Hall–Kier alpha value is -3.16. The number of carbonyl (C=O) groups excluding carboxylic acids is 2. The van der Waals surface area contributed by atoms with Crippen LogP contribution in [0.1, 0.15) is 44.7 Å². The van der Waals surface area contributed by atoms with E-state index in [1.54, 1.807) is 30.5 Å². The summed E-state index contributed by atoms with van der Waals surface area (Å²) in [7, 11) is 0. The Morgan fingerprint density at radius 1 is 0.793 bits per heavy atom. The van der Waals surface area contributed by atoms with E-state index in [4.69, 9.17) is 15.9 Å². The van der Waals surface area contributed by atoms with Crippen LogP contribution in [0.4, 0.5) is 11.4 Å². The Morgan fingerprint density at radius 3 is 1.93 bits per heavy atom. The van der Waals surface area contributed by atoms with Gasteiger partial charge in [-0.05, 0) is 32.0 Å². The molecule has 1 aromatic heterocycles. The smallest absolute Gasteiger partial charge is 0.196 e. The van der Waals surface area contributed by atoms with Crippen molar-refractivity contribution < 1.29 is 14.0 Å². The number of hydrogen-bond acceptors (Lipinski definition) is 7. The molecule has 0 saturated heterocycles. The van der Waals surface area contributed by atoms with Crippen LogP contribution in [-0.2, 0) is 0 Å². The third-order valence-corrected chi connectivity index (χ3v) is 5.15. The van der Waals surface area contributed by atoms with E-state index < -0.39 is 0 Å². The van der Waals surface area contributed by atoms with Crippen LogP contribution in [0.15, 0.2) is 41.0 Å². The van der Waals surface area contributed by atoms with Gasteiger partial charge in [-0.1, -0.05) is 24.3 Å². The summed E-state index contributed by atoms with van der Waals surface area (Å²) in [6, 6.07) is 8.74. The molecule has 1 aliphatic rings. The number of ketones is 2. The monoisotopic (exact) mass is 392 g/mol. The first-order valence-electron chi connectivity index (χ1n) is 9.82. The van der Waals surface area contributed by atoms with Crippen molar-refractivity contribution in [1.29, 1.82) is 0 Å². The van der Waals surface area contributed by atoms with Crippen LogP contribution in [0.3, 0.4) is 0 Å². The van der Waals surface area contributed by atoms with Crippen molar-refractivity contribution in [3.05, 3.63) is 58.8 Å². The molecule has 0 aliphatic heterocycles. The van der Waals surface area contributed by atoms with Crippen LogP contribution in [0.25, 0.3) is 11.0 Å². The molecule has 0 amide bonds. The highest BCUT2D eigenvalue weighted by Gasteiger charge is 2.36. The predicted octanol–water partition coefficient (Wildman–Crippen LogP) is 2.73. The zero-order valence-electron chi connectivity index (χ0n) is 16.1. The molecule has 1 heterocycles. The summed E-state index contributed by atoms with van der Waals surface area (Å²) in [5.41, 5.74) is 14.5. The van der Waals surface area contributed by atoms with Gasteiger partial charge in [0.1, 0.15) is 0 Å². The SMILES string of the molecule is NCCCNc1c2c(c(NCCCN)c3occc13)C(=O)c1ccccc1C2=O. The molecule has 2 aromatic carbocycles. The van der Waals surface area contributed by atoms with Gasteiger partial charge in [-0.15, -0.1) is 0 Å². The summed E-state index contributed by atoms with van der Waals surface area (Å²) in [6.07, 6.45) is 3.04. The Labute approximate surface area is 168 Å². The van der Waals surface area contributed by atoms with E-state index in [2.05, 4.69) is 10.6 Å². The third kappa shape index (κ3) is 3.18. The second-order valence-electron chi connectivity index (χ2n) is 7.01. The number of furan rings is 1. The molecule has 29 heavy (non-hydrogen) atoms. The van der Waals surface area contributed by atoms with Crippen molar-refractivity contribution in [3.63, 3.8) is 0 Å². The van der Waals surface area contributed by atoms with E-state index in [9.17, 15) is 9.59 Å². The topological polar surface area (TPSA) is 123 Å². The Morgan fingerprint density at radius 2 is 1.34 bits per heavy atom. The maximum Gasteiger partial charge on any atom is 0.196 e. The lowest BCUT2D eigenvalue weighted by molar-refractivity contribution is 0.0980. The molecule has 6 N–H and O–H groups in total. The molecule has 0 unspecified atom stereocenters.